The highest BCUT2D eigenvalue weighted by atomic mass is 35.5. The number of hydrogen-bond donors (Lipinski definition) is 2. The zero-order valence-electron chi connectivity index (χ0n) is 6.68. The van der Waals surface area contributed by atoms with Crippen LogP contribution in [0.4, 0.5) is 0 Å². The molecule has 0 bridgehead atoms. The fourth-order valence-electron chi connectivity index (χ4n) is 1.19. The van der Waals surface area contributed by atoms with Crippen molar-refractivity contribution in [2.24, 2.45) is 11.1 Å². The van der Waals surface area contributed by atoms with Crippen molar-refractivity contribution in [3.05, 3.63) is 0 Å². The SMILES string of the molecule is CC1(C)CNCCC1N.Cl. The van der Waals surface area contributed by atoms with Gasteiger partial charge in [0.05, 0.1) is 0 Å². The molecule has 0 amide bonds. The lowest BCUT2D eigenvalue weighted by atomic mass is 9.81. The molecule has 0 aromatic heterocycles. The summed E-state index contributed by atoms with van der Waals surface area (Å²) in [5, 5.41) is 3.33. The van der Waals surface area contributed by atoms with Gasteiger partial charge < -0.3 is 11.1 Å². The van der Waals surface area contributed by atoms with E-state index in [2.05, 4.69) is 19.2 Å². The molecule has 1 unspecified atom stereocenters. The van der Waals surface area contributed by atoms with Gasteiger partial charge in [-0.25, -0.2) is 0 Å². The Hall–Kier alpha value is 0.210. The molecule has 1 aliphatic heterocycles. The van der Waals surface area contributed by atoms with Gasteiger partial charge in [0.1, 0.15) is 0 Å². The minimum absolute atomic E-state index is 0. The van der Waals surface area contributed by atoms with Crippen LogP contribution in [-0.4, -0.2) is 19.1 Å². The molecule has 1 aliphatic rings. The Bertz CT molecular complexity index is 104. The van der Waals surface area contributed by atoms with E-state index in [0.717, 1.165) is 19.5 Å². The minimum Gasteiger partial charge on any atom is -0.327 e. The van der Waals surface area contributed by atoms with Gasteiger partial charge in [0.25, 0.3) is 0 Å². The summed E-state index contributed by atoms with van der Waals surface area (Å²) in [7, 11) is 0. The summed E-state index contributed by atoms with van der Waals surface area (Å²) in [6, 6.07) is 0.388. The lowest BCUT2D eigenvalue weighted by Crippen LogP contribution is -2.50. The third-order valence-electron chi connectivity index (χ3n) is 2.22. The van der Waals surface area contributed by atoms with Crippen LogP contribution in [-0.2, 0) is 0 Å². The highest BCUT2D eigenvalue weighted by Crippen LogP contribution is 2.22. The zero-order valence-corrected chi connectivity index (χ0v) is 7.50. The van der Waals surface area contributed by atoms with Crippen molar-refractivity contribution < 1.29 is 0 Å². The molecule has 62 valence electrons. The molecule has 0 aromatic carbocycles. The Balaban J connectivity index is 0.000000810. The molecule has 10 heavy (non-hydrogen) atoms. The van der Waals surface area contributed by atoms with Crippen molar-refractivity contribution in [3.8, 4) is 0 Å². The van der Waals surface area contributed by atoms with E-state index in [-0.39, 0.29) is 12.4 Å². The van der Waals surface area contributed by atoms with Crippen LogP contribution in [0.3, 0.4) is 0 Å². The normalized spacial score (nSPS) is 30.9. The van der Waals surface area contributed by atoms with Gasteiger partial charge in [-0.3, -0.25) is 0 Å². The Labute approximate surface area is 69.0 Å². The van der Waals surface area contributed by atoms with E-state index in [1.54, 1.807) is 0 Å². The summed E-state index contributed by atoms with van der Waals surface area (Å²) in [5.41, 5.74) is 6.18. The first-order valence-corrected chi connectivity index (χ1v) is 3.59. The molecule has 2 nitrogen and oxygen atoms in total. The third-order valence-corrected chi connectivity index (χ3v) is 2.22. The van der Waals surface area contributed by atoms with Gasteiger partial charge in [-0.2, -0.15) is 0 Å². The summed E-state index contributed by atoms with van der Waals surface area (Å²) >= 11 is 0. The average molecular weight is 165 g/mol. The van der Waals surface area contributed by atoms with Crippen LogP contribution in [0.25, 0.3) is 0 Å². The van der Waals surface area contributed by atoms with E-state index in [9.17, 15) is 0 Å². The number of rotatable bonds is 0. The fraction of sp³-hybridized carbons (Fsp3) is 1.00. The molecule has 0 spiro atoms. The second-order valence-corrected chi connectivity index (χ2v) is 3.56. The Morgan fingerprint density at radius 3 is 2.40 bits per heavy atom. The van der Waals surface area contributed by atoms with Crippen molar-refractivity contribution >= 4 is 12.4 Å². The smallest absolute Gasteiger partial charge is 0.0114 e. The molecular formula is C7H17ClN2. The maximum atomic E-state index is 5.87. The van der Waals surface area contributed by atoms with Gasteiger partial charge in [0.2, 0.25) is 0 Å². The van der Waals surface area contributed by atoms with Crippen molar-refractivity contribution in [3.63, 3.8) is 0 Å². The molecular weight excluding hydrogens is 148 g/mol. The second kappa shape index (κ2) is 3.56. The maximum absolute atomic E-state index is 5.87. The molecule has 1 fully saturated rings. The Morgan fingerprint density at radius 1 is 1.50 bits per heavy atom. The number of halogens is 1. The first kappa shape index (κ1) is 10.2. The molecule has 3 N–H and O–H groups in total. The van der Waals surface area contributed by atoms with Gasteiger partial charge in [-0.05, 0) is 18.4 Å². The van der Waals surface area contributed by atoms with E-state index in [1.165, 1.54) is 0 Å². The summed E-state index contributed by atoms with van der Waals surface area (Å²) in [5.74, 6) is 0. The van der Waals surface area contributed by atoms with Gasteiger partial charge in [0, 0.05) is 12.6 Å². The van der Waals surface area contributed by atoms with Crippen LogP contribution < -0.4 is 11.1 Å². The fourth-order valence-corrected chi connectivity index (χ4v) is 1.19. The number of nitrogens with two attached hydrogens (primary N) is 1. The molecule has 1 saturated heterocycles. The standard InChI is InChI=1S/C7H16N2.ClH/c1-7(2)5-9-4-3-6(7)8;/h6,9H,3-5,8H2,1-2H3;1H. The van der Waals surface area contributed by atoms with Gasteiger partial charge in [-0.1, -0.05) is 13.8 Å². The van der Waals surface area contributed by atoms with E-state index >= 15 is 0 Å². The van der Waals surface area contributed by atoms with Crippen molar-refractivity contribution in [1.29, 1.82) is 0 Å². The third kappa shape index (κ3) is 2.11. The largest absolute Gasteiger partial charge is 0.327 e. The Kier molecular flexibility index (Phi) is 3.63. The monoisotopic (exact) mass is 164 g/mol. The van der Waals surface area contributed by atoms with Crippen molar-refractivity contribution in [2.45, 2.75) is 26.3 Å². The number of piperidine rings is 1. The first-order valence-electron chi connectivity index (χ1n) is 3.59. The molecule has 1 atom stereocenters. The molecule has 0 radical (unpaired) electrons. The molecule has 0 saturated carbocycles. The first-order chi connectivity index (χ1) is 4.13. The van der Waals surface area contributed by atoms with Gasteiger partial charge >= 0.3 is 0 Å². The van der Waals surface area contributed by atoms with Crippen LogP contribution in [0.5, 0.6) is 0 Å². The predicted octanol–water partition coefficient (Wildman–Crippen LogP) is 0.755. The molecule has 0 aromatic rings. The number of hydrogen-bond acceptors (Lipinski definition) is 2. The van der Waals surface area contributed by atoms with Gasteiger partial charge in [-0.15, -0.1) is 12.4 Å². The Morgan fingerprint density at radius 2 is 2.10 bits per heavy atom. The average Bonchev–Trinajstić information content (AvgIpc) is 1.77. The summed E-state index contributed by atoms with van der Waals surface area (Å²) in [6.45, 7) is 6.58. The highest BCUT2D eigenvalue weighted by molar-refractivity contribution is 5.85. The van der Waals surface area contributed by atoms with E-state index in [0.29, 0.717) is 11.5 Å². The van der Waals surface area contributed by atoms with E-state index in [4.69, 9.17) is 5.73 Å². The lowest BCUT2D eigenvalue weighted by molar-refractivity contribution is 0.221. The van der Waals surface area contributed by atoms with E-state index < -0.39 is 0 Å². The summed E-state index contributed by atoms with van der Waals surface area (Å²) in [4.78, 5) is 0. The van der Waals surface area contributed by atoms with Crippen LogP contribution in [0.2, 0.25) is 0 Å². The van der Waals surface area contributed by atoms with E-state index in [1.807, 2.05) is 0 Å². The second-order valence-electron chi connectivity index (χ2n) is 3.56. The topological polar surface area (TPSA) is 38.0 Å². The van der Waals surface area contributed by atoms with Gasteiger partial charge in [0.15, 0.2) is 0 Å². The molecule has 1 rings (SSSR count). The summed E-state index contributed by atoms with van der Waals surface area (Å²) in [6.07, 6.45) is 1.12. The summed E-state index contributed by atoms with van der Waals surface area (Å²) < 4.78 is 0. The van der Waals surface area contributed by atoms with Crippen LogP contribution in [0, 0.1) is 5.41 Å². The molecule has 3 heteroatoms. The minimum atomic E-state index is 0. The number of nitrogens with one attached hydrogen (secondary N) is 1. The van der Waals surface area contributed by atoms with Crippen molar-refractivity contribution in [2.75, 3.05) is 13.1 Å². The van der Waals surface area contributed by atoms with Crippen LogP contribution in [0.1, 0.15) is 20.3 Å². The highest BCUT2D eigenvalue weighted by Gasteiger charge is 2.28. The molecule has 0 aliphatic carbocycles. The lowest BCUT2D eigenvalue weighted by Gasteiger charge is -2.36. The molecule has 1 heterocycles. The quantitative estimate of drug-likeness (QED) is 0.555. The van der Waals surface area contributed by atoms with Crippen molar-refractivity contribution in [1.82, 2.24) is 5.32 Å². The zero-order chi connectivity index (χ0) is 6.91. The van der Waals surface area contributed by atoms with Crippen LogP contribution >= 0.6 is 12.4 Å². The predicted molar refractivity (Wildman–Crippen MR) is 46.5 cm³/mol. The maximum Gasteiger partial charge on any atom is 0.0114 e. The van der Waals surface area contributed by atoms with Crippen LogP contribution in [0.15, 0.2) is 0 Å².